The molecule has 1 atom stereocenters. The van der Waals surface area contributed by atoms with Crippen LogP contribution in [0.2, 0.25) is 0 Å². The third-order valence-electron chi connectivity index (χ3n) is 2.47. The lowest BCUT2D eigenvalue weighted by molar-refractivity contribution is -0.142. The zero-order valence-electron chi connectivity index (χ0n) is 11.3. The number of nitrogens with one attached hydrogen (secondary N) is 1. The molecule has 0 aromatic heterocycles. The number of nitrogens with two attached hydrogens (primary N) is 1. The van der Waals surface area contributed by atoms with Crippen molar-refractivity contribution in [1.29, 1.82) is 0 Å². The van der Waals surface area contributed by atoms with E-state index in [2.05, 4.69) is 16.6 Å². The van der Waals surface area contributed by atoms with Gasteiger partial charge in [0.25, 0.3) is 0 Å². The highest BCUT2D eigenvalue weighted by Gasteiger charge is 2.14. The zero-order chi connectivity index (χ0) is 15.0. The van der Waals surface area contributed by atoms with E-state index < -0.39 is 18.1 Å². The maximum atomic E-state index is 11.4. The molecule has 1 rings (SSSR count). The Labute approximate surface area is 117 Å². The van der Waals surface area contributed by atoms with Crippen LogP contribution >= 0.6 is 0 Å². The van der Waals surface area contributed by atoms with E-state index in [0.717, 1.165) is 5.56 Å². The molecule has 6 heteroatoms. The number of anilines is 1. The van der Waals surface area contributed by atoms with Crippen molar-refractivity contribution in [2.75, 3.05) is 19.0 Å². The van der Waals surface area contributed by atoms with Gasteiger partial charge in [0.2, 0.25) is 0 Å². The first-order valence-electron chi connectivity index (χ1n) is 6.04. The van der Waals surface area contributed by atoms with Crippen LogP contribution in [-0.2, 0) is 20.7 Å². The molecule has 0 radical (unpaired) electrons. The normalized spacial score (nSPS) is 11.3. The maximum absolute atomic E-state index is 11.4. The van der Waals surface area contributed by atoms with Gasteiger partial charge in [0.05, 0.1) is 7.11 Å². The summed E-state index contributed by atoms with van der Waals surface area (Å²) < 4.78 is 9.37. The molecule has 0 aliphatic rings. The van der Waals surface area contributed by atoms with Gasteiger partial charge in [0, 0.05) is 5.69 Å². The van der Waals surface area contributed by atoms with Crippen LogP contribution in [0.3, 0.4) is 0 Å². The summed E-state index contributed by atoms with van der Waals surface area (Å²) in [6.07, 6.45) is 1.23. The molecule has 3 N–H and O–H groups in total. The second kappa shape index (κ2) is 7.96. The molecule has 0 bridgehead atoms. The van der Waals surface area contributed by atoms with Gasteiger partial charge in [0.1, 0.15) is 12.6 Å². The van der Waals surface area contributed by atoms with Crippen molar-refractivity contribution >= 4 is 17.7 Å². The Morgan fingerprint density at radius 1 is 1.50 bits per heavy atom. The molecule has 1 aromatic carbocycles. The monoisotopic (exact) mass is 278 g/mol. The number of rotatable bonds is 6. The van der Waals surface area contributed by atoms with Crippen molar-refractivity contribution in [2.45, 2.75) is 12.5 Å². The molecule has 0 fully saturated rings. The summed E-state index contributed by atoms with van der Waals surface area (Å²) >= 11 is 0. The topological polar surface area (TPSA) is 90.6 Å². The average molecular weight is 278 g/mol. The number of carbonyl (C=O) groups is 2. The van der Waals surface area contributed by atoms with E-state index in [0.29, 0.717) is 12.1 Å². The SMILES string of the molecule is C=CCOC(=O)Nc1cccc(C[C@H](N)C(=O)OC)c1. The Kier molecular flexibility index (Phi) is 6.25. The highest BCUT2D eigenvalue weighted by atomic mass is 16.5. The molecule has 20 heavy (non-hydrogen) atoms. The molecule has 1 amide bonds. The van der Waals surface area contributed by atoms with Crippen LogP contribution in [0.4, 0.5) is 10.5 Å². The minimum atomic E-state index is -0.733. The summed E-state index contributed by atoms with van der Waals surface area (Å²) in [5, 5.41) is 2.57. The largest absolute Gasteiger partial charge is 0.468 e. The van der Waals surface area contributed by atoms with Crippen molar-refractivity contribution < 1.29 is 19.1 Å². The van der Waals surface area contributed by atoms with E-state index >= 15 is 0 Å². The van der Waals surface area contributed by atoms with Gasteiger partial charge in [-0.15, -0.1) is 0 Å². The smallest absolute Gasteiger partial charge is 0.411 e. The molecule has 0 spiro atoms. The Morgan fingerprint density at radius 3 is 2.90 bits per heavy atom. The number of ether oxygens (including phenoxy) is 2. The van der Waals surface area contributed by atoms with Crippen molar-refractivity contribution in [2.24, 2.45) is 5.73 Å². The summed E-state index contributed by atoms with van der Waals surface area (Å²) in [5.41, 5.74) is 7.05. The highest BCUT2D eigenvalue weighted by molar-refractivity contribution is 5.84. The van der Waals surface area contributed by atoms with E-state index in [9.17, 15) is 9.59 Å². The summed E-state index contributed by atoms with van der Waals surface area (Å²) in [4.78, 5) is 22.6. The fourth-order valence-electron chi connectivity index (χ4n) is 1.55. The fourth-order valence-corrected chi connectivity index (χ4v) is 1.55. The van der Waals surface area contributed by atoms with E-state index in [1.807, 2.05) is 6.07 Å². The van der Waals surface area contributed by atoms with Gasteiger partial charge in [-0.2, -0.15) is 0 Å². The summed E-state index contributed by atoms with van der Waals surface area (Å²) in [5.74, 6) is -0.478. The average Bonchev–Trinajstić information content (AvgIpc) is 2.44. The lowest BCUT2D eigenvalue weighted by Gasteiger charge is -2.11. The Balaban J connectivity index is 2.63. The Hall–Kier alpha value is -2.34. The Morgan fingerprint density at radius 2 is 2.25 bits per heavy atom. The van der Waals surface area contributed by atoms with Gasteiger partial charge in [0.15, 0.2) is 0 Å². The molecule has 0 aliphatic heterocycles. The molecule has 0 aliphatic carbocycles. The van der Waals surface area contributed by atoms with Crippen LogP contribution in [0.1, 0.15) is 5.56 Å². The number of benzene rings is 1. The third kappa shape index (κ3) is 5.11. The van der Waals surface area contributed by atoms with E-state index in [-0.39, 0.29) is 6.61 Å². The van der Waals surface area contributed by atoms with Gasteiger partial charge in [-0.1, -0.05) is 24.8 Å². The van der Waals surface area contributed by atoms with Crippen LogP contribution in [0, 0.1) is 0 Å². The minimum Gasteiger partial charge on any atom is -0.468 e. The van der Waals surface area contributed by atoms with Gasteiger partial charge in [-0.3, -0.25) is 10.1 Å². The summed E-state index contributed by atoms with van der Waals surface area (Å²) in [6, 6.07) is 6.26. The molecule has 0 heterocycles. The first-order chi connectivity index (χ1) is 9.56. The van der Waals surface area contributed by atoms with Crippen LogP contribution in [0.25, 0.3) is 0 Å². The lowest BCUT2D eigenvalue weighted by Crippen LogP contribution is -2.33. The van der Waals surface area contributed by atoms with Crippen molar-refractivity contribution in [3.63, 3.8) is 0 Å². The standard InChI is InChI=1S/C14H18N2O4/c1-3-7-20-14(18)16-11-6-4-5-10(8-11)9-12(15)13(17)19-2/h3-6,8,12H,1,7,9,15H2,2H3,(H,16,18)/t12-/m0/s1. The molecular weight excluding hydrogens is 260 g/mol. The lowest BCUT2D eigenvalue weighted by atomic mass is 10.1. The van der Waals surface area contributed by atoms with E-state index in [1.165, 1.54) is 13.2 Å². The van der Waals surface area contributed by atoms with Gasteiger partial charge in [-0.05, 0) is 24.1 Å². The third-order valence-corrected chi connectivity index (χ3v) is 2.47. The predicted molar refractivity (Wildman–Crippen MR) is 75.3 cm³/mol. The van der Waals surface area contributed by atoms with Crippen LogP contribution < -0.4 is 11.1 Å². The van der Waals surface area contributed by atoms with Crippen molar-refractivity contribution in [1.82, 2.24) is 0 Å². The summed E-state index contributed by atoms with van der Waals surface area (Å²) in [7, 11) is 1.29. The van der Waals surface area contributed by atoms with Gasteiger partial charge >= 0.3 is 12.1 Å². The number of carbonyl (C=O) groups excluding carboxylic acids is 2. The van der Waals surface area contributed by atoms with Gasteiger partial charge in [-0.25, -0.2) is 4.79 Å². The second-order valence-corrected chi connectivity index (χ2v) is 4.05. The first-order valence-corrected chi connectivity index (χ1v) is 6.04. The molecule has 0 saturated carbocycles. The zero-order valence-corrected chi connectivity index (χ0v) is 11.3. The molecule has 1 aromatic rings. The van der Waals surface area contributed by atoms with Crippen molar-refractivity contribution in [3.8, 4) is 0 Å². The highest BCUT2D eigenvalue weighted by Crippen LogP contribution is 2.12. The van der Waals surface area contributed by atoms with E-state index in [4.69, 9.17) is 10.5 Å². The number of amides is 1. The van der Waals surface area contributed by atoms with Crippen LogP contribution in [0.15, 0.2) is 36.9 Å². The fraction of sp³-hybridized carbons (Fsp3) is 0.286. The second-order valence-electron chi connectivity index (χ2n) is 4.05. The quantitative estimate of drug-likeness (QED) is 0.607. The maximum Gasteiger partial charge on any atom is 0.411 e. The number of hydrogen-bond donors (Lipinski definition) is 2. The molecule has 108 valence electrons. The van der Waals surface area contributed by atoms with Crippen LogP contribution in [0.5, 0.6) is 0 Å². The van der Waals surface area contributed by atoms with Crippen LogP contribution in [-0.4, -0.2) is 31.8 Å². The molecular formula is C14H18N2O4. The first kappa shape index (κ1) is 15.7. The number of esters is 1. The number of methoxy groups -OCH3 is 1. The van der Waals surface area contributed by atoms with Gasteiger partial charge < -0.3 is 15.2 Å². The van der Waals surface area contributed by atoms with E-state index in [1.54, 1.807) is 18.2 Å². The molecule has 0 saturated heterocycles. The molecule has 6 nitrogen and oxygen atoms in total. The predicted octanol–water partition coefficient (Wildman–Crippen LogP) is 1.46. The Bertz CT molecular complexity index is 488. The molecule has 0 unspecified atom stereocenters. The summed E-state index contributed by atoms with van der Waals surface area (Å²) in [6.45, 7) is 3.59. The minimum absolute atomic E-state index is 0.138. The number of hydrogen-bond acceptors (Lipinski definition) is 5. The van der Waals surface area contributed by atoms with Crippen molar-refractivity contribution in [3.05, 3.63) is 42.5 Å².